The third-order valence-corrected chi connectivity index (χ3v) is 6.72. The number of nitrogens with zero attached hydrogens (tertiary/aromatic N) is 1. The number of para-hydroxylation sites is 1. The van der Waals surface area contributed by atoms with E-state index in [9.17, 15) is 13.2 Å². The predicted octanol–water partition coefficient (Wildman–Crippen LogP) is 4.95. The number of H-pyrrole nitrogens is 1. The molecule has 0 aliphatic carbocycles. The lowest BCUT2D eigenvalue weighted by molar-refractivity contribution is 0.0955. The van der Waals surface area contributed by atoms with Crippen LogP contribution in [0.1, 0.15) is 28.4 Å². The van der Waals surface area contributed by atoms with E-state index >= 15 is 0 Å². The zero-order chi connectivity index (χ0) is 23.4. The Morgan fingerprint density at radius 2 is 1.85 bits per heavy atom. The van der Waals surface area contributed by atoms with Gasteiger partial charge in [0, 0.05) is 38.9 Å². The van der Waals surface area contributed by atoms with Gasteiger partial charge < -0.3 is 4.98 Å². The molecule has 1 amide bonds. The highest BCUT2D eigenvalue weighted by Gasteiger charge is 2.16. The summed E-state index contributed by atoms with van der Waals surface area (Å²) in [6, 6.07) is 18.0. The normalized spacial score (nSPS) is 11.7. The minimum absolute atomic E-state index is 0.0437. The van der Waals surface area contributed by atoms with Gasteiger partial charge in [-0.3, -0.25) is 9.52 Å². The largest absolute Gasteiger partial charge is 0.360 e. The van der Waals surface area contributed by atoms with E-state index in [0.29, 0.717) is 10.7 Å². The monoisotopic (exact) mass is 480 g/mol. The van der Waals surface area contributed by atoms with Gasteiger partial charge in [-0.1, -0.05) is 42.8 Å². The third-order valence-electron chi connectivity index (χ3n) is 5.09. The second-order valence-corrected chi connectivity index (χ2v) is 9.40. The number of benzene rings is 3. The first-order chi connectivity index (χ1) is 15.9. The number of hydrazone groups is 1. The van der Waals surface area contributed by atoms with Gasteiger partial charge in [-0.2, -0.15) is 5.10 Å². The molecule has 0 saturated heterocycles. The first-order valence-electron chi connectivity index (χ1n) is 10.2. The van der Waals surface area contributed by atoms with Crippen molar-refractivity contribution in [1.29, 1.82) is 0 Å². The Bertz CT molecular complexity index is 1440. The summed E-state index contributed by atoms with van der Waals surface area (Å²) in [5.74, 6) is -0.524. The van der Waals surface area contributed by atoms with Gasteiger partial charge in [-0.15, -0.1) is 0 Å². The van der Waals surface area contributed by atoms with Crippen molar-refractivity contribution in [3.63, 3.8) is 0 Å². The van der Waals surface area contributed by atoms with E-state index < -0.39 is 15.9 Å². The van der Waals surface area contributed by atoms with Crippen LogP contribution in [0.15, 0.2) is 82.9 Å². The van der Waals surface area contributed by atoms with E-state index in [4.69, 9.17) is 11.6 Å². The van der Waals surface area contributed by atoms with Gasteiger partial charge >= 0.3 is 0 Å². The van der Waals surface area contributed by atoms with Gasteiger partial charge in [0.2, 0.25) is 0 Å². The lowest BCUT2D eigenvalue weighted by Crippen LogP contribution is -2.19. The van der Waals surface area contributed by atoms with Crippen molar-refractivity contribution in [3.05, 3.63) is 94.6 Å². The Balaban J connectivity index is 1.48. The minimum atomic E-state index is -3.88. The zero-order valence-electron chi connectivity index (χ0n) is 17.7. The highest BCUT2D eigenvalue weighted by molar-refractivity contribution is 7.92. The van der Waals surface area contributed by atoms with Crippen molar-refractivity contribution in [1.82, 2.24) is 10.4 Å². The van der Waals surface area contributed by atoms with E-state index in [1.807, 2.05) is 18.3 Å². The number of carbonyl (C=O) groups is 1. The molecule has 0 spiro atoms. The molecule has 0 aliphatic heterocycles. The van der Waals surface area contributed by atoms with Crippen molar-refractivity contribution in [2.75, 3.05) is 4.72 Å². The summed E-state index contributed by atoms with van der Waals surface area (Å²) < 4.78 is 27.9. The number of amides is 1. The van der Waals surface area contributed by atoms with E-state index in [1.54, 1.807) is 30.5 Å². The zero-order valence-corrected chi connectivity index (χ0v) is 19.2. The average molecular weight is 481 g/mol. The van der Waals surface area contributed by atoms with Gasteiger partial charge in [0.15, 0.2) is 0 Å². The number of anilines is 1. The topological polar surface area (TPSA) is 103 Å². The highest BCUT2D eigenvalue weighted by Crippen LogP contribution is 2.21. The average Bonchev–Trinajstić information content (AvgIpc) is 3.23. The molecule has 4 rings (SSSR count). The molecule has 3 N–H and O–H groups in total. The number of rotatable bonds is 7. The second-order valence-electron chi connectivity index (χ2n) is 7.28. The minimum Gasteiger partial charge on any atom is -0.360 e. The number of aryl methyl sites for hydroxylation is 1. The van der Waals surface area contributed by atoms with E-state index in [0.717, 1.165) is 22.9 Å². The lowest BCUT2D eigenvalue weighted by Gasteiger charge is -2.09. The second kappa shape index (κ2) is 9.48. The van der Waals surface area contributed by atoms with Crippen molar-refractivity contribution >= 4 is 50.3 Å². The summed E-state index contributed by atoms with van der Waals surface area (Å²) in [5, 5.41) is 5.55. The fourth-order valence-electron chi connectivity index (χ4n) is 3.40. The fourth-order valence-corrected chi connectivity index (χ4v) is 4.63. The van der Waals surface area contributed by atoms with E-state index in [1.165, 1.54) is 29.8 Å². The Morgan fingerprint density at radius 1 is 1.09 bits per heavy atom. The third kappa shape index (κ3) is 5.08. The number of halogens is 1. The SMILES string of the molecule is CCc1cccc2c(/C=N/NC(=O)c3cccc(S(=O)(=O)Nc4ccc(Cl)cc4)c3)c[nH]c12. The number of hydrogen-bond donors (Lipinski definition) is 3. The van der Waals surface area contributed by atoms with Crippen LogP contribution in [0.25, 0.3) is 10.9 Å². The molecule has 0 atom stereocenters. The summed E-state index contributed by atoms with van der Waals surface area (Å²) in [6.07, 6.45) is 4.28. The van der Waals surface area contributed by atoms with Gasteiger partial charge in [-0.25, -0.2) is 13.8 Å². The number of aromatic nitrogens is 1. The number of aromatic amines is 1. The van der Waals surface area contributed by atoms with Crippen molar-refractivity contribution in [3.8, 4) is 0 Å². The molecule has 0 saturated carbocycles. The molecule has 1 aromatic heterocycles. The fraction of sp³-hybridized carbons (Fsp3) is 0.0833. The maximum absolute atomic E-state index is 12.7. The molecule has 9 heteroatoms. The molecular formula is C24H21ClN4O3S. The molecule has 1 heterocycles. The quantitative estimate of drug-likeness (QED) is 0.257. The van der Waals surface area contributed by atoms with Crippen LogP contribution in [0.3, 0.4) is 0 Å². The van der Waals surface area contributed by atoms with E-state index in [2.05, 4.69) is 33.2 Å². The summed E-state index contributed by atoms with van der Waals surface area (Å²) in [4.78, 5) is 15.7. The molecule has 0 radical (unpaired) electrons. The number of sulfonamides is 1. The van der Waals surface area contributed by atoms with Gasteiger partial charge in [0.25, 0.3) is 15.9 Å². The smallest absolute Gasteiger partial charge is 0.271 e. The number of fused-ring (bicyclic) bond motifs is 1. The predicted molar refractivity (Wildman–Crippen MR) is 131 cm³/mol. The summed E-state index contributed by atoms with van der Waals surface area (Å²) >= 11 is 5.84. The molecule has 33 heavy (non-hydrogen) atoms. The van der Waals surface area contributed by atoms with Crippen LogP contribution in [0.4, 0.5) is 5.69 Å². The summed E-state index contributed by atoms with van der Waals surface area (Å²) in [6.45, 7) is 2.09. The molecule has 0 bridgehead atoms. The van der Waals surface area contributed by atoms with Crippen LogP contribution in [0.2, 0.25) is 5.02 Å². The Morgan fingerprint density at radius 3 is 2.61 bits per heavy atom. The van der Waals surface area contributed by atoms with Gasteiger partial charge in [-0.05, 0) is 54.4 Å². The van der Waals surface area contributed by atoms with Crippen molar-refractivity contribution in [2.24, 2.45) is 5.10 Å². The number of hydrogen-bond acceptors (Lipinski definition) is 4. The molecule has 7 nitrogen and oxygen atoms in total. The van der Waals surface area contributed by atoms with Crippen LogP contribution >= 0.6 is 11.6 Å². The Hall–Kier alpha value is -3.62. The molecule has 0 aliphatic rings. The molecule has 0 fully saturated rings. The lowest BCUT2D eigenvalue weighted by atomic mass is 10.1. The number of carbonyl (C=O) groups excluding carboxylic acids is 1. The molecule has 0 unspecified atom stereocenters. The van der Waals surface area contributed by atoms with Crippen LogP contribution < -0.4 is 10.1 Å². The maximum Gasteiger partial charge on any atom is 0.271 e. The molecule has 4 aromatic rings. The van der Waals surface area contributed by atoms with Crippen LogP contribution in [-0.2, 0) is 16.4 Å². The standard InChI is InChI=1S/C24H21ClN4O3S/c1-2-16-5-4-8-22-18(14-26-23(16)22)15-27-28-24(30)17-6-3-7-21(13-17)33(31,32)29-20-11-9-19(25)10-12-20/h3-15,26,29H,2H2,1H3,(H,28,30)/b27-15+. The van der Waals surface area contributed by atoms with Crippen molar-refractivity contribution < 1.29 is 13.2 Å². The van der Waals surface area contributed by atoms with Crippen LogP contribution in [0, 0.1) is 0 Å². The van der Waals surface area contributed by atoms with Crippen LogP contribution in [-0.4, -0.2) is 25.5 Å². The maximum atomic E-state index is 12.7. The van der Waals surface area contributed by atoms with E-state index in [-0.39, 0.29) is 10.5 Å². The Labute approximate surface area is 196 Å². The number of nitrogens with one attached hydrogen (secondary N) is 3. The summed E-state index contributed by atoms with van der Waals surface area (Å²) in [5.41, 5.74) is 6.06. The Kier molecular flexibility index (Phi) is 6.48. The first kappa shape index (κ1) is 22.6. The molecular weight excluding hydrogens is 460 g/mol. The highest BCUT2D eigenvalue weighted by atomic mass is 35.5. The van der Waals surface area contributed by atoms with Gasteiger partial charge in [0.05, 0.1) is 11.1 Å². The summed E-state index contributed by atoms with van der Waals surface area (Å²) in [7, 11) is -3.88. The van der Waals surface area contributed by atoms with Crippen molar-refractivity contribution in [2.45, 2.75) is 18.2 Å². The van der Waals surface area contributed by atoms with Gasteiger partial charge in [0.1, 0.15) is 0 Å². The molecule has 3 aromatic carbocycles. The molecule has 168 valence electrons. The van der Waals surface area contributed by atoms with Crippen LogP contribution in [0.5, 0.6) is 0 Å². The first-order valence-corrected chi connectivity index (χ1v) is 12.0.